The first kappa shape index (κ1) is 95.3. The molecule has 10 aromatic rings. The normalized spacial score (nSPS) is 17.4. The van der Waals surface area contributed by atoms with Gasteiger partial charge in [-0.2, -0.15) is 52.7 Å². The summed E-state index contributed by atoms with van der Waals surface area (Å²) in [7, 11) is 3.22. The molecule has 0 aromatic heterocycles. The Morgan fingerprint density at radius 2 is 0.772 bits per heavy atom. The highest BCUT2D eigenvalue weighted by Gasteiger charge is 2.49. The van der Waals surface area contributed by atoms with Crippen molar-refractivity contribution >= 4 is 17.7 Å². The van der Waals surface area contributed by atoms with Gasteiger partial charge >= 0.3 is 49.7 Å². The van der Waals surface area contributed by atoms with Crippen molar-refractivity contribution < 1.29 is 123 Å². The maximum atomic E-state index is 15.1. The number of carbonyl (C=O) groups excluding carboxylic acids is 2. The van der Waals surface area contributed by atoms with Crippen LogP contribution in [0.15, 0.2) is 267 Å². The minimum atomic E-state index is -4.91. The summed E-state index contributed by atoms with van der Waals surface area (Å²) in [6.45, 7) is 10.1. The lowest BCUT2D eigenvalue weighted by Crippen LogP contribution is -2.56. The molecule has 34 heteroatoms. The number of hydrogen-bond donors (Lipinski definition) is 7. The van der Waals surface area contributed by atoms with E-state index in [0.717, 1.165) is 72.0 Å². The number of hydroxylamine groups is 2. The number of carbonyl (C=O) groups is 2. The van der Waals surface area contributed by atoms with Gasteiger partial charge in [0.05, 0.1) is 42.7 Å². The molecule has 4 amide bonds. The van der Waals surface area contributed by atoms with Gasteiger partial charge in [-0.25, -0.2) is 35.9 Å². The van der Waals surface area contributed by atoms with E-state index in [4.69, 9.17) is 9.57 Å². The summed E-state index contributed by atoms with van der Waals surface area (Å²) in [6, 6.07) is 53.7. The number of alkyl halides is 12. The average Bonchev–Trinajstić information content (AvgIpc) is 0.764. The fourth-order valence-electron chi connectivity index (χ4n) is 15.1. The number of aliphatic hydroxyl groups is 2. The molecule has 1 saturated heterocycles. The lowest BCUT2D eigenvalue weighted by Gasteiger charge is -2.41. The molecule has 0 radical (unpaired) electrons. The summed E-state index contributed by atoms with van der Waals surface area (Å²) in [5, 5.41) is 37.0. The van der Waals surface area contributed by atoms with Gasteiger partial charge in [-0.05, 0) is 173 Å². The topological polar surface area (TPSA) is 187 Å². The van der Waals surface area contributed by atoms with Crippen LogP contribution < -0.4 is 45.7 Å². The molecule has 7 N–H and O–H groups in total. The molecule has 2 aliphatic carbocycles. The van der Waals surface area contributed by atoms with Crippen LogP contribution in [0.2, 0.25) is 0 Å². The molecule has 0 bridgehead atoms. The Bertz CT molecular complexity index is 5320. The molecule has 3 fully saturated rings. The van der Waals surface area contributed by atoms with Crippen molar-refractivity contribution in [3.63, 3.8) is 0 Å². The highest BCUT2D eigenvalue weighted by molar-refractivity contribution is 5.78. The molecule has 4 atom stereocenters. The number of allylic oxidation sites excluding steroid dienone is 2. The highest BCUT2D eigenvalue weighted by atomic mass is 19.3. The third-order valence-electron chi connectivity index (χ3n) is 21.8. The zero-order valence-electron chi connectivity index (χ0n) is 67.9. The summed E-state index contributed by atoms with van der Waals surface area (Å²) >= 11 is 0. The number of amides is 4. The van der Waals surface area contributed by atoms with Crippen LogP contribution in [0, 0.1) is 46.7 Å². The molecule has 1 aliphatic heterocycles. The van der Waals surface area contributed by atoms with Crippen LogP contribution in [-0.2, 0) is 45.5 Å². The molecule has 1 heterocycles. The van der Waals surface area contributed by atoms with Crippen molar-refractivity contribution in [2.75, 3.05) is 45.4 Å². The maximum absolute atomic E-state index is 15.1. The van der Waals surface area contributed by atoms with E-state index in [1.165, 1.54) is 60.7 Å². The van der Waals surface area contributed by atoms with Crippen molar-refractivity contribution in [1.29, 1.82) is 0 Å². The van der Waals surface area contributed by atoms with E-state index in [1.807, 2.05) is 12.1 Å². The number of nitrogens with zero attached hydrogens (tertiary/aromatic N) is 2. The molecule has 10 aromatic carbocycles. The Hall–Kier alpha value is -12.4. The van der Waals surface area contributed by atoms with Gasteiger partial charge in [-0.1, -0.05) is 153 Å². The third-order valence-corrected chi connectivity index (χ3v) is 21.8. The number of rotatable bonds is 33. The summed E-state index contributed by atoms with van der Waals surface area (Å²) < 4.78 is 265. The molecule has 1 unspecified atom stereocenters. The molecule has 127 heavy (non-hydrogen) atoms. The van der Waals surface area contributed by atoms with Crippen LogP contribution in [0.5, 0.6) is 17.2 Å². The average molecular weight is 1790 g/mol. The molecule has 0 spiro atoms. The Balaban J connectivity index is 0.000000185. The van der Waals surface area contributed by atoms with E-state index in [2.05, 4.69) is 58.9 Å². The van der Waals surface area contributed by atoms with E-state index in [0.29, 0.717) is 98.0 Å². The van der Waals surface area contributed by atoms with Gasteiger partial charge in [-0.15, -0.1) is 0 Å². The standard InChI is InChI=1S/C33H30F6N2O3.C31H31F6N3O3.C29H26F6N2O3/c34-26-10-8-24(9-11-26)32(21-22-4-2-1-3-5-22,25-18-27(35)20-29(19-25)44-33(38,39)31(36)37)40-30(42)23-6-12-28(13-7-23)41-14-16-43-17-15-41;1-19(40(2)42-3)21-13-26(14-21)38-29(41)39-30(18-20-7-5-4-6-8-20,22-9-11-24(32)12-10-22)23-15-25(33)17-27(16-23)43-31(36,37)28(34)35;1-17(38)19-11-24(12-19)36-27(39)37-28(16-18-5-3-2-4-6-18,20-7-9-22(30)10-8-20)21-13-23(31)15-25(14-21)40-29(34,35)26(32)33/h1-13,18-20,30-31,40,42H,14-17,21H2;4-12,15-17,21,26,28H,1,13-14,18H2,2-3H3,(H2,38,39,41);2-10,13-15,19,24,26,38H,1,11-12,16H2,(H2,36,37,39)/t30?,32-;21?,26?,30-;19?,24?,28-/m111/s1. The fraction of sp³-hybridized carbons (Fsp3) is 0.290. The summed E-state index contributed by atoms with van der Waals surface area (Å²) in [6.07, 6.45) is -26.8. The van der Waals surface area contributed by atoms with Crippen molar-refractivity contribution in [3.8, 4) is 17.2 Å². The van der Waals surface area contributed by atoms with Crippen LogP contribution in [0.4, 0.5) is 94.3 Å². The van der Waals surface area contributed by atoms with E-state index in [-0.39, 0.29) is 76.8 Å². The Labute approximate surface area is 718 Å². The van der Waals surface area contributed by atoms with E-state index in [1.54, 1.807) is 110 Å². The largest absolute Gasteiger partial charge is 0.513 e. The van der Waals surface area contributed by atoms with Gasteiger partial charge < -0.3 is 55.3 Å². The summed E-state index contributed by atoms with van der Waals surface area (Å²) in [5.41, 5.74) is -0.354. The molecule has 674 valence electrons. The van der Waals surface area contributed by atoms with E-state index in [9.17, 15) is 94.4 Å². The number of morpholine rings is 1. The summed E-state index contributed by atoms with van der Waals surface area (Å²) in [5.74, 6) is -7.76. The van der Waals surface area contributed by atoms with Crippen molar-refractivity contribution in [3.05, 3.63) is 358 Å². The number of urea groups is 2. The molecular formula is C93H87F18N7O9. The monoisotopic (exact) mass is 1790 g/mol. The Morgan fingerprint density at radius 3 is 1.10 bits per heavy atom. The number of nitrogens with one attached hydrogen (secondary N) is 5. The number of benzene rings is 10. The first-order chi connectivity index (χ1) is 60.3. The van der Waals surface area contributed by atoms with Crippen LogP contribution >= 0.6 is 0 Å². The fourth-order valence-corrected chi connectivity index (χ4v) is 15.1. The molecule has 13 rings (SSSR count). The number of hydrogen-bond acceptors (Lipinski definition) is 12. The number of anilines is 1. The predicted molar refractivity (Wildman–Crippen MR) is 436 cm³/mol. The predicted octanol–water partition coefficient (Wildman–Crippen LogP) is 20.4. The zero-order valence-corrected chi connectivity index (χ0v) is 67.9. The summed E-state index contributed by atoms with van der Waals surface area (Å²) in [4.78, 5) is 34.1. The number of ether oxygens (including phenoxy) is 4. The lowest BCUT2D eigenvalue weighted by molar-refractivity contribution is -0.253. The second kappa shape index (κ2) is 41.4. The zero-order chi connectivity index (χ0) is 91.8. The van der Waals surface area contributed by atoms with Gasteiger partial charge in [0.15, 0.2) is 0 Å². The van der Waals surface area contributed by atoms with Gasteiger partial charge in [0.2, 0.25) is 0 Å². The first-order valence-electron chi connectivity index (χ1n) is 39.5. The lowest BCUT2D eigenvalue weighted by atomic mass is 9.77. The third kappa shape index (κ3) is 24.4. The Kier molecular flexibility index (Phi) is 31.0. The SMILES string of the molecule is C=C(C1CC(NC(=O)N[C@](Cc2ccccc2)(c2ccc(F)cc2)c2cc(F)cc(OC(F)(F)C(F)F)c2)C1)N(C)OC.C=C(O)C1CC(NC(=O)N[C@](Cc2ccccc2)(c2ccc(F)cc2)c2cc(F)cc(OC(F)(F)C(F)F)c2)C1.OC(N[C@](Cc1ccccc1)(c1ccc(F)cc1)c1cc(F)cc(OC(F)(F)C(F)F)c1)c1ccc(N2CCOCC2)cc1. The van der Waals surface area contributed by atoms with Gasteiger partial charge in [0, 0.05) is 86.5 Å². The first-order valence-corrected chi connectivity index (χ1v) is 39.5. The van der Waals surface area contributed by atoms with Gasteiger partial charge in [-0.3, -0.25) is 15.2 Å². The number of halogens is 18. The van der Waals surface area contributed by atoms with E-state index < -0.39 is 125 Å². The van der Waals surface area contributed by atoms with E-state index >= 15 is 4.39 Å². The second-order valence-corrected chi connectivity index (χ2v) is 30.5. The molecule has 2 saturated carbocycles. The van der Waals surface area contributed by atoms with Crippen LogP contribution in [0.25, 0.3) is 0 Å². The highest BCUT2D eigenvalue weighted by Crippen LogP contribution is 2.45. The van der Waals surface area contributed by atoms with Crippen molar-refractivity contribution in [1.82, 2.24) is 31.6 Å². The van der Waals surface area contributed by atoms with Crippen LogP contribution in [0.3, 0.4) is 0 Å². The second-order valence-electron chi connectivity index (χ2n) is 30.5. The van der Waals surface area contributed by atoms with Crippen LogP contribution in [-0.4, -0.2) is 117 Å². The maximum Gasteiger partial charge on any atom is 0.461 e. The van der Waals surface area contributed by atoms with Gasteiger partial charge in [0.1, 0.15) is 58.4 Å². The minimum absolute atomic E-state index is 0.00363. The smallest absolute Gasteiger partial charge is 0.461 e. The molecule has 3 aliphatic rings. The quantitative estimate of drug-likeness (QED) is 0.00894. The van der Waals surface area contributed by atoms with Crippen molar-refractivity contribution in [2.24, 2.45) is 11.8 Å². The Morgan fingerprint density at radius 1 is 0.449 bits per heavy atom. The van der Waals surface area contributed by atoms with Crippen LogP contribution in [0.1, 0.15) is 87.5 Å². The van der Waals surface area contributed by atoms with Crippen molar-refractivity contribution in [2.45, 2.75) is 117 Å². The number of aliphatic hydroxyl groups excluding tert-OH is 2. The molecule has 16 nitrogen and oxygen atoms in total. The van der Waals surface area contributed by atoms with Gasteiger partial charge in [0.25, 0.3) is 0 Å². The molecular weight excluding hydrogens is 1700 g/mol. The minimum Gasteiger partial charge on any atom is -0.513 e.